The Morgan fingerprint density at radius 1 is 0.917 bits per heavy atom. The van der Waals surface area contributed by atoms with Gasteiger partial charge in [-0.3, -0.25) is 20.2 Å². The van der Waals surface area contributed by atoms with Crippen LogP contribution in [0, 0.1) is 12.3 Å². The Bertz CT molecular complexity index is 1410. The summed E-state index contributed by atoms with van der Waals surface area (Å²) in [4.78, 5) is 27.0. The first-order valence-corrected chi connectivity index (χ1v) is 12.7. The van der Waals surface area contributed by atoms with Gasteiger partial charge in [-0.15, -0.1) is 0 Å². The van der Waals surface area contributed by atoms with Crippen LogP contribution in [0.4, 0.5) is 11.4 Å². The number of aliphatic imine (C=N–C) groups is 2. The maximum absolute atomic E-state index is 13.3. The smallest absolute Gasteiger partial charge is 0.256 e. The maximum Gasteiger partial charge on any atom is 0.256 e. The Kier molecular flexibility index (Phi) is 5.47. The summed E-state index contributed by atoms with van der Waals surface area (Å²) in [5.41, 5.74) is 9.21. The summed E-state index contributed by atoms with van der Waals surface area (Å²) >= 11 is 0. The standard InChI is InChI=1S/C30H31N5O/c1-4-19-10-23-14-32-27-12-21(6-7-25(27)29(31)34(23)16-19)9-22-13-28-26(8-18(22)3)30(36)35-17-20(5-2)11-24(35)15-33-28/h4-8,12-15,23-24,31H,9-11,16-17H2,1-3H3/b19-4+,20-5+,31-29?/t23-,24-/m0/s1. The summed E-state index contributed by atoms with van der Waals surface area (Å²) in [5, 5.41) is 8.81. The van der Waals surface area contributed by atoms with Crippen molar-refractivity contribution in [2.45, 2.75) is 52.1 Å². The molecule has 4 heterocycles. The van der Waals surface area contributed by atoms with Gasteiger partial charge in [0.2, 0.25) is 0 Å². The third kappa shape index (κ3) is 3.72. The highest BCUT2D eigenvalue weighted by atomic mass is 16.2. The van der Waals surface area contributed by atoms with Crippen LogP contribution in [0.3, 0.4) is 0 Å². The minimum atomic E-state index is 0.0387. The number of rotatable bonds is 2. The summed E-state index contributed by atoms with van der Waals surface area (Å²) < 4.78 is 0. The molecule has 4 aliphatic rings. The van der Waals surface area contributed by atoms with E-state index in [2.05, 4.69) is 49.1 Å². The van der Waals surface area contributed by atoms with Crippen molar-refractivity contribution in [1.29, 1.82) is 5.41 Å². The van der Waals surface area contributed by atoms with Crippen LogP contribution in [-0.4, -0.2) is 59.1 Å². The summed E-state index contributed by atoms with van der Waals surface area (Å²) in [6, 6.07) is 10.5. The maximum atomic E-state index is 13.3. The van der Waals surface area contributed by atoms with Crippen molar-refractivity contribution >= 4 is 35.5 Å². The molecule has 1 amide bonds. The average Bonchev–Trinajstić information content (AvgIpc) is 3.45. The molecule has 36 heavy (non-hydrogen) atoms. The molecule has 0 unspecified atom stereocenters. The van der Waals surface area contributed by atoms with Gasteiger partial charge < -0.3 is 9.80 Å². The van der Waals surface area contributed by atoms with E-state index in [-0.39, 0.29) is 18.0 Å². The Hall–Kier alpha value is -3.80. The molecule has 182 valence electrons. The number of carbonyl (C=O) groups excluding carboxylic acids is 1. The van der Waals surface area contributed by atoms with Crippen molar-refractivity contribution in [3.63, 3.8) is 0 Å². The van der Waals surface area contributed by atoms with Gasteiger partial charge >= 0.3 is 0 Å². The molecule has 2 saturated heterocycles. The molecule has 2 aromatic carbocycles. The van der Waals surface area contributed by atoms with E-state index in [0.717, 1.165) is 59.4 Å². The van der Waals surface area contributed by atoms with Crippen LogP contribution >= 0.6 is 0 Å². The molecule has 0 spiro atoms. The number of carbonyl (C=O) groups is 1. The topological polar surface area (TPSA) is 72.1 Å². The van der Waals surface area contributed by atoms with E-state index in [1.54, 1.807) is 0 Å². The first kappa shape index (κ1) is 22.7. The van der Waals surface area contributed by atoms with Crippen molar-refractivity contribution in [3.05, 3.63) is 81.4 Å². The number of hydrogen-bond acceptors (Lipinski definition) is 4. The van der Waals surface area contributed by atoms with Crippen LogP contribution in [0.25, 0.3) is 0 Å². The predicted octanol–water partition coefficient (Wildman–Crippen LogP) is 5.52. The Morgan fingerprint density at radius 3 is 2.25 bits per heavy atom. The quantitative estimate of drug-likeness (QED) is 0.578. The van der Waals surface area contributed by atoms with Gasteiger partial charge in [0.25, 0.3) is 5.91 Å². The lowest BCUT2D eigenvalue weighted by molar-refractivity contribution is 0.0778. The summed E-state index contributed by atoms with van der Waals surface area (Å²) in [7, 11) is 0. The number of amides is 1. The SMILES string of the molecule is C/C=C1\C[C@H]2C=Nc3cc(Cc4cc5c(cc4C)C(=O)N4C/C(=C/C)C[C@H]4C=N5)ccc3C(=N)N2C1. The van der Waals surface area contributed by atoms with Gasteiger partial charge in [-0.1, -0.05) is 29.4 Å². The number of allylic oxidation sites excluding steroid dienone is 2. The van der Waals surface area contributed by atoms with E-state index in [4.69, 9.17) is 15.4 Å². The van der Waals surface area contributed by atoms with Gasteiger partial charge in [-0.2, -0.15) is 0 Å². The number of fused-ring (bicyclic) bond motifs is 4. The second kappa shape index (κ2) is 8.70. The molecular formula is C30H31N5O. The fourth-order valence-corrected chi connectivity index (χ4v) is 5.78. The molecule has 0 radical (unpaired) electrons. The fourth-order valence-electron chi connectivity index (χ4n) is 5.78. The first-order chi connectivity index (χ1) is 17.4. The fraction of sp³-hybridized carbons (Fsp3) is 0.333. The van der Waals surface area contributed by atoms with Crippen LogP contribution in [0.5, 0.6) is 0 Å². The minimum Gasteiger partial charge on any atom is -0.344 e. The molecular weight excluding hydrogens is 446 g/mol. The van der Waals surface area contributed by atoms with Crippen LogP contribution in [-0.2, 0) is 6.42 Å². The Balaban J connectivity index is 1.29. The monoisotopic (exact) mass is 477 g/mol. The van der Waals surface area contributed by atoms with Crippen molar-refractivity contribution < 1.29 is 4.79 Å². The molecule has 0 aromatic heterocycles. The number of hydrogen-bond donors (Lipinski definition) is 1. The van der Waals surface area contributed by atoms with Gasteiger partial charge in [-0.05, 0) is 81.0 Å². The van der Waals surface area contributed by atoms with E-state index in [1.807, 2.05) is 36.4 Å². The highest BCUT2D eigenvalue weighted by molar-refractivity contribution is 6.05. The average molecular weight is 478 g/mol. The molecule has 2 fully saturated rings. The predicted molar refractivity (Wildman–Crippen MR) is 146 cm³/mol. The molecule has 4 aliphatic heterocycles. The number of nitrogens with zero attached hydrogens (tertiary/aromatic N) is 4. The lowest BCUT2D eigenvalue weighted by atomic mass is 9.95. The lowest BCUT2D eigenvalue weighted by Crippen LogP contribution is -2.35. The summed E-state index contributed by atoms with van der Waals surface area (Å²) in [5.74, 6) is 0.616. The van der Waals surface area contributed by atoms with Crippen LogP contribution < -0.4 is 0 Å². The van der Waals surface area contributed by atoms with E-state index < -0.39 is 0 Å². The number of nitrogens with one attached hydrogen (secondary N) is 1. The lowest BCUT2D eigenvalue weighted by Gasteiger charge is -2.22. The highest BCUT2D eigenvalue weighted by Gasteiger charge is 2.34. The molecule has 6 heteroatoms. The number of amidine groups is 1. The number of benzene rings is 2. The second-order valence-electron chi connectivity index (χ2n) is 10.2. The molecule has 2 atom stereocenters. The molecule has 2 aromatic rings. The van der Waals surface area contributed by atoms with Crippen molar-refractivity contribution in [2.24, 2.45) is 9.98 Å². The molecule has 0 saturated carbocycles. The first-order valence-electron chi connectivity index (χ1n) is 12.7. The van der Waals surface area contributed by atoms with Crippen molar-refractivity contribution in [2.75, 3.05) is 13.1 Å². The Labute approximate surface area is 212 Å². The van der Waals surface area contributed by atoms with Crippen LogP contribution in [0.2, 0.25) is 0 Å². The highest BCUT2D eigenvalue weighted by Crippen LogP contribution is 2.35. The summed E-state index contributed by atoms with van der Waals surface area (Å²) in [6.07, 6.45) is 10.7. The zero-order valence-electron chi connectivity index (χ0n) is 21.1. The van der Waals surface area contributed by atoms with Gasteiger partial charge in [-0.25, -0.2) is 0 Å². The van der Waals surface area contributed by atoms with Gasteiger partial charge in [0.15, 0.2) is 0 Å². The number of aryl methyl sites for hydroxylation is 1. The van der Waals surface area contributed by atoms with Gasteiger partial charge in [0.05, 0.1) is 29.0 Å². The third-order valence-electron chi connectivity index (χ3n) is 8.02. The molecule has 0 aliphatic carbocycles. The molecule has 6 nitrogen and oxygen atoms in total. The zero-order chi connectivity index (χ0) is 25.0. The largest absolute Gasteiger partial charge is 0.344 e. The van der Waals surface area contributed by atoms with Gasteiger partial charge in [0.1, 0.15) is 5.84 Å². The third-order valence-corrected chi connectivity index (χ3v) is 8.02. The van der Waals surface area contributed by atoms with Crippen molar-refractivity contribution in [3.8, 4) is 0 Å². The molecule has 6 rings (SSSR count). The van der Waals surface area contributed by atoms with Crippen LogP contribution in [0.15, 0.2) is 63.6 Å². The molecule has 0 bridgehead atoms. The van der Waals surface area contributed by atoms with E-state index in [9.17, 15) is 4.79 Å². The normalized spacial score (nSPS) is 24.6. The van der Waals surface area contributed by atoms with Gasteiger partial charge in [0, 0.05) is 31.1 Å². The van der Waals surface area contributed by atoms with Crippen molar-refractivity contribution in [1.82, 2.24) is 9.80 Å². The van der Waals surface area contributed by atoms with Crippen LogP contribution in [0.1, 0.15) is 59.3 Å². The molecule has 1 N–H and O–H groups in total. The minimum absolute atomic E-state index is 0.0387. The van der Waals surface area contributed by atoms with E-state index >= 15 is 0 Å². The summed E-state index contributed by atoms with van der Waals surface area (Å²) in [6.45, 7) is 7.66. The zero-order valence-corrected chi connectivity index (χ0v) is 21.1. The van der Waals surface area contributed by atoms with E-state index in [0.29, 0.717) is 17.9 Å². The second-order valence-corrected chi connectivity index (χ2v) is 10.2. The Morgan fingerprint density at radius 2 is 1.56 bits per heavy atom. The van der Waals surface area contributed by atoms with E-state index in [1.165, 1.54) is 11.1 Å².